The fourth-order valence-corrected chi connectivity index (χ4v) is 14.1. The van der Waals surface area contributed by atoms with E-state index in [-0.39, 0.29) is 43.9 Å². The summed E-state index contributed by atoms with van der Waals surface area (Å²) in [7, 11) is 10.4. The molecule has 0 saturated carbocycles. The quantitative estimate of drug-likeness (QED) is 0.0526. The van der Waals surface area contributed by atoms with Gasteiger partial charge in [0.15, 0.2) is 22.3 Å². The van der Waals surface area contributed by atoms with E-state index in [9.17, 15) is 14.7 Å². The summed E-state index contributed by atoms with van der Waals surface area (Å²) in [6, 6.07) is 6.55. The number of halogens is 2. The first kappa shape index (κ1) is 68.2. The Labute approximate surface area is 510 Å². The number of Topliss-reactive ketones (excluding diaryl/α,β-unsaturated/α-hetero) is 1. The minimum absolute atomic E-state index is 0.0294. The molecule has 5 aliphatic rings. The summed E-state index contributed by atoms with van der Waals surface area (Å²) >= 11 is 1.99. The summed E-state index contributed by atoms with van der Waals surface area (Å²) in [4.78, 5) is 50.0. The topological polar surface area (TPSA) is 213 Å². The number of cyclic esters (lactones) is 1. The van der Waals surface area contributed by atoms with Crippen LogP contribution in [0.5, 0.6) is 0 Å². The van der Waals surface area contributed by atoms with Crippen LogP contribution in [0.4, 0.5) is 9.18 Å². The predicted octanol–water partition coefficient (Wildman–Crippen LogP) is 7.40. The number of aliphatic hydroxyl groups excluding tert-OH is 1. The molecule has 84 heavy (non-hydrogen) atoms. The van der Waals surface area contributed by atoms with Gasteiger partial charge in [0.1, 0.15) is 30.7 Å². The van der Waals surface area contributed by atoms with Crippen molar-refractivity contribution in [1.82, 2.24) is 29.7 Å². The Bertz CT molecular complexity index is 2500. The zero-order valence-electron chi connectivity index (χ0n) is 52.2. The molecule has 1 aromatic carbocycles. The fourth-order valence-electron chi connectivity index (χ4n) is 13.3. The second-order valence-corrected chi connectivity index (χ2v) is 25.9. The van der Waals surface area contributed by atoms with E-state index in [0.717, 1.165) is 30.6 Å². The van der Waals surface area contributed by atoms with E-state index < -0.39 is 119 Å². The molecule has 2 aromatic rings. The number of benzene rings is 1. The highest BCUT2D eigenvalue weighted by atomic mass is 127. The van der Waals surface area contributed by atoms with Gasteiger partial charge < -0.3 is 67.0 Å². The molecule has 0 spiro atoms. The fraction of sp³-hybridized carbons (Fsp3) is 0.787. The van der Waals surface area contributed by atoms with Crippen LogP contribution in [0.15, 0.2) is 36.5 Å². The molecule has 23 heteroatoms. The second kappa shape index (κ2) is 29.8. The number of likely N-dealkylation sites (N-methyl/N-ethyl adjacent to an activating group) is 2. The summed E-state index contributed by atoms with van der Waals surface area (Å²) in [6.07, 6.45) is 0.136. The zero-order valence-corrected chi connectivity index (χ0v) is 54.4. The average Bonchev–Trinajstić information content (AvgIpc) is 4.13. The molecule has 4 saturated heterocycles. The van der Waals surface area contributed by atoms with Gasteiger partial charge in [-0.2, -0.15) is 0 Å². The Balaban J connectivity index is 1.14. The highest BCUT2D eigenvalue weighted by Gasteiger charge is 2.61. The summed E-state index contributed by atoms with van der Waals surface area (Å²) in [5.41, 5.74) is 0.245. The lowest BCUT2D eigenvalue weighted by Gasteiger charge is -2.49. The molecule has 474 valence electrons. The monoisotopic (exact) mass is 1300 g/mol. The lowest BCUT2D eigenvalue weighted by Crippen LogP contribution is -2.60. The van der Waals surface area contributed by atoms with Crippen LogP contribution in [0, 0.1) is 23.7 Å². The number of ketones is 1. The molecule has 7 rings (SSSR count). The van der Waals surface area contributed by atoms with Crippen molar-refractivity contribution < 1.29 is 76.0 Å². The van der Waals surface area contributed by atoms with Crippen molar-refractivity contribution in [3.05, 3.63) is 53.4 Å². The molecule has 1 amide bonds. The molecular weight excluding hydrogens is 1200 g/mol. The first-order valence-electron chi connectivity index (χ1n) is 29.9. The third-order valence-corrected chi connectivity index (χ3v) is 20.1. The van der Waals surface area contributed by atoms with Crippen LogP contribution in [0.1, 0.15) is 123 Å². The standard InChI is InChI=1S/C61H96FIN6O15/c1-36-32-60(8,77-15)55(82-48-31-46(30-37(2)79-48)67(11)25-22-45-35-69(65-64-45)47(34-62)52(75-13)44-18-16-42(17-19-44)43-20-23-66(10)24-21-43)39(4)51(81-49-33-59(7,76-14)54(71)41(6)80-49)40(5)56(72)83-57(63)61(9)53(38(3)50(36)70)68(58(73)84-61)26-27-78-29-28-74-12/h16-20,35-41,46-49,51-55,57,71H,21-34H2,1-15H3/t36-,37-,38+,39+,40-,41+,46+,47-,48+,49+,51+,52-,53-,54+,55-,57+,59-,60-,61+/m1/s1. The molecule has 4 fully saturated rings. The number of carbonyl (C=O) groups is 3. The number of aliphatic hydroxyl groups is 1. The van der Waals surface area contributed by atoms with E-state index in [1.807, 2.05) is 62.4 Å². The van der Waals surface area contributed by atoms with Crippen LogP contribution >= 0.6 is 22.6 Å². The van der Waals surface area contributed by atoms with Crippen molar-refractivity contribution >= 4 is 46.0 Å². The number of carbonyl (C=O) groups excluding carboxylic acids is 3. The van der Waals surface area contributed by atoms with Crippen LogP contribution in [0.25, 0.3) is 5.57 Å². The number of amides is 1. The average molecular weight is 1300 g/mol. The van der Waals surface area contributed by atoms with Gasteiger partial charge in [-0.05, 0) is 114 Å². The van der Waals surface area contributed by atoms with Crippen LogP contribution in [-0.4, -0.2) is 224 Å². The summed E-state index contributed by atoms with van der Waals surface area (Å²) in [5.74, 6) is -3.98. The maximum absolute atomic E-state index is 15.1. The molecule has 1 aromatic heterocycles. The highest BCUT2D eigenvalue weighted by molar-refractivity contribution is 14.1. The molecule has 5 aliphatic heterocycles. The van der Waals surface area contributed by atoms with Gasteiger partial charge in [0.05, 0.1) is 73.1 Å². The number of methoxy groups -OCH3 is 4. The Kier molecular flexibility index (Phi) is 24.2. The first-order valence-corrected chi connectivity index (χ1v) is 31.1. The molecule has 0 radical (unpaired) electrons. The molecule has 6 heterocycles. The van der Waals surface area contributed by atoms with E-state index in [2.05, 4.69) is 52.4 Å². The number of hydrogen-bond donors (Lipinski definition) is 1. The minimum atomic E-state index is -1.48. The number of hydrogen-bond acceptors (Lipinski definition) is 19. The largest absolute Gasteiger partial charge is 0.447 e. The van der Waals surface area contributed by atoms with Gasteiger partial charge in [0.25, 0.3) is 0 Å². The van der Waals surface area contributed by atoms with E-state index in [0.29, 0.717) is 44.7 Å². The van der Waals surface area contributed by atoms with Crippen molar-refractivity contribution in [3.8, 4) is 0 Å². The Morgan fingerprint density at radius 2 is 1.62 bits per heavy atom. The maximum atomic E-state index is 15.1. The number of rotatable bonds is 22. The lowest BCUT2D eigenvalue weighted by molar-refractivity contribution is -0.309. The van der Waals surface area contributed by atoms with E-state index in [1.54, 1.807) is 66.8 Å². The lowest BCUT2D eigenvalue weighted by atomic mass is 9.74. The number of nitrogens with zero attached hydrogens (tertiary/aromatic N) is 6. The van der Waals surface area contributed by atoms with Crippen molar-refractivity contribution in [1.29, 1.82) is 0 Å². The molecule has 0 unspecified atom stereocenters. The summed E-state index contributed by atoms with van der Waals surface area (Å²) < 4.78 is 84.7. The highest BCUT2D eigenvalue weighted by Crippen LogP contribution is 2.45. The number of fused-ring (bicyclic) bond motifs is 1. The molecule has 21 nitrogen and oxygen atoms in total. The van der Waals surface area contributed by atoms with Gasteiger partial charge in [-0.3, -0.25) is 14.5 Å². The molecule has 0 bridgehead atoms. The van der Waals surface area contributed by atoms with E-state index >= 15 is 9.18 Å². The SMILES string of the molecule is COCCOCCN1C(=O)O[C@]2(C)[C@@H](I)OC(=O)[C@H](C)[C@@H](O[C@H]3C[C@@](C)(OC)[C@@H](O)[C@H](C)O3)[C@H](C)[C@@H](O[C@H]3C[C@@H](N(C)CCc4cn([C@H](CF)[C@H](OC)c5ccc(C6=CCN(C)CC6)cc5)nn4)C[C@@H](C)O3)[C@](C)(OC)C[C@@H](C)C(=O)[C@H](C)[C@@H]12. The molecule has 0 aliphatic carbocycles. The number of aromatic nitrogens is 3. The Morgan fingerprint density at radius 1 is 0.905 bits per heavy atom. The summed E-state index contributed by atoms with van der Waals surface area (Å²) in [5, 5.41) is 20.1. The van der Waals surface area contributed by atoms with Gasteiger partial charge in [-0.25, -0.2) is 13.9 Å². The van der Waals surface area contributed by atoms with Gasteiger partial charge >= 0.3 is 12.1 Å². The smallest absolute Gasteiger partial charge is 0.411 e. The number of ether oxygens (including phenoxy) is 11. The Hall–Kier alpha value is -3.31. The third-order valence-electron chi connectivity index (χ3n) is 18.7. The van der Waals surface area contributed by atoms with Gasteiger partial charge in [-0.15, -0.1) is 5.10 Å². The van der Waals surface area contributed by atoms with E-state index in [1.165, 1.54) is 17.6 Å². The van der Waals surface area contributed by atoms with Crippen LogP contribution in [0.2, 0.25) is 0 Å². The first-order chi connectivity index (χ1) is 39.8. The molecule has 1 N–H and O–H groups in total. The Morgan fingerprint density at radius 3 is 2.26 bits per heavy atom. The van der Waals surface area contributed by atoms with Gasteiger partial charge in [0.2, 0.25) is 0 Å². The third kappa shape index (κ3) is 15.6. The number of alkyl halides is 2. The van der Waals surface area contributed by atoms with Crippen LogP contribution in [-0.2, 0) is 68.1 Å². The van der Waals surface area contributed by atoms with Crippen molar-refractivity contribution in [2.75, 3.05) is 95.2 Å². The van der Waals surface area contributed by atoms with Crippen LogP contribution < -0.4 is 0 Å². The normalized spacial score (nSPS) is 36.6. The van der Waals surface area contributed by atoms with Gasteiger partial charge in [0, 0.05) is 104 Å². The van der Waals surface area contributed by atoms with Gasteiger partial charge in [-0.1, -0.05) is 56.3 Å². The zero-order chi connectivity index (χ0) is 61.4. The minimum Gasteiger partial charge on any atom is -0.447 e. The van der Waals surface area contributed by atoms with Crippen molar-refractivity contribution in [3.63, 3.8) is 0 Å². The second-order valence-electron chi connectivity index (χ2n) is 24.8. The number of esters is 1. The summed E-state index contributed by atoms with van der Waals surface area (Å²) in [6.45, 7) is 19.1. The van der Waals surface area contributed by atoms with Crippen molar-refractivity contribution in [2.24, 2.45) is 23.7 Å². The predicted molar refractivity (Wildman–Crippen MR) is 319 cm³/mol. The molecular formula is C61H96FIN6O15. The molecule has 19 atom stereocenters. The van der Waals surface area contributed by atoms with Crippen LogP contribution in [0.3, 0.4) is 0 Å². The maximum Gasteiger partial charge on any atom is 0.411 e. The van der Waals surface area contributed by atoms with E-state index in [4.69, 9.17) is 52.1 Å². The van der Waals surface area contributed by atoms with Crippen molar-refractivity contribution in [2.45, 2.75) is 189 Å².